The van der Waals surface area contributed by atoms with E-state index in [9.17, 15) is 4.39 Å². The van der Waals surface area contributed by atoms with Crippen LogP contribution in [0, 0.1) is 5.82 Å². The zero-order valence-corrected chi connectivity index (χ0v) is 12.4. The maximum absolute atomic E-state index is 13.4. The molecule has 3 N–H and O–H groups in total. The molecule has 1 saturated heterocycles. The van der Waals surface area contributed by atoms with Gasteiger partial charge in [-0.05, 0) is 32.4 Å². The first-order valence-corrected chi connectivity index (χ1v) is 7.05. The molecule has 1 aliphatic heterocycles. The molecular weight excluding hydrogens is 257 g/mol. The lowest BCUT2D eigenvalue weighted by atomic mass is 9.98. The van der Waals surface area contributed by atoms with E-state index in [-0.39, 0.29) is 17.1 Å². The number of nitrogens with two attached hydrogens (primary N) is 1. The van der Waals surface area contributed by atoms with E-state index < -0.39 is 0 Å². The molecule has 1 aromatic rings. The number of hydrogen-bond acceptors (Lipinski definition) is 4. The maximum Gasteiger partial charge on any atom is 0.165 e. The van der Waals surface area contributed by atoms with Crippen molar-refractivity contribution in [2.75, 3.05) is 32.1 Å². The Balaban J connectivity index is 2.15. The molecule has 0 saturated carbocycles. The van der Waals surface area contributed by atoms with E-state index in [0.29, 0.717) is 12.6 Å². The van der Waals surface area contributed by atoms with E-state index in [0.717, 1.165) is 25.2 Å². The smallest absolute Gasteiger partial charge is 0.165 e. The molecule has 0 radical (unpaired) electrons. The van der Waals surface area contributed by atoms with Gasteiger partial charge in [-0.15, -0.1) is 0 Å². The van der Waals surface area contributed by atoms with Crippen molar-refractivity contribution in [3.8, 4) is 5.75 Å². The molecule has 1 aliphatic rings. The van der Waals surface area contributed by atoms with E-state index >= 15 is 0 Å². The van der Waals surface area contributed by atoms with Crippen LogP contribution in [0.5, 0.6) is 5.75 Å². The minimum Gasteiger partial charge on any atom is -0.494 e. The summed E-state index contributed by atoms with van der Waals surface area (Å²) >= 11 is 0. The van der Waals surface area contributed by atoms with Gasteiger partial charge in [0.2, 0.25) is 0 Å². The van der Waals surface area contributed by atoms with E-state index in [1.807, 2.05) is 0 Å². The second kappa shape index (κ2) is 5.97. The van der Waals surface area contributed by atoms with Crippen LogP contribution in [0.2, 0.25) is 0 Å². The van der Waals surface area contributed by atoms with Crippen molar-refractivity contribution < 1.29 is 9.13 Å². The average Bonchev–Trinajstić information content (AvgIpc) is 2.86. The Hall–Kier alpha value is -1.33. The zero-order valence-electron chi connectivity index (χ0n) is 12.4. The molecule has 2 rings (SSSR count). The number of ether oxygens (including phenoxy) is 1. The number of nitrogens with one attached hydrogen (secondary N) is 1. The Bertz CT molecular complexity index is 466. The van der Waals surface area contributed by atoms with Gasteiger partial charge in [0.15, 0.2) is 11.6 Å². The van der Waals surface area contributed by atoms with E-state index in [4.69, 9.17) is 10.5 Å². The van der Waals surface area contributed by atoms with Gasteiger partial charge in [-0.3, -0.25) is 4.90 Å². The highest BCUT2D eigenvalue weighted by molar-refractivity contribution is 5.51. The van der Waals surface area contributed by atoms with Crippen molar-refractivity contribution in [1.82, 2.24) is 4.90 Å². The second-order valence-electron chi connectivity index (χ2n) is 5.77. The fraction of sp³-hybridized carbons (Fsp3) is 0.600. The van der Waals surface area contributed by atoms with Gasteiger partial charge < -0.3 is 15.8 Å². The number of rotatable bonds is 5. The highest BCUT2D eigenvalue weighted by Gasteiger charge is 2.37. The SMILES string of the molecule is COc1cc(NC2(CN)CCN(C(C)C)C2)ccc1F. The fourth-order valence-electron chi connectivity index (χ4n) is 2.71. The summed E-state index contributed by atoms with van der Waals surface area (Å²) in [6.07, 6.45) is 0.987. The lowest BCUT2D eigenvalue weighted by Crippen LogP contribution is -2.48. The predicted molar refractivity (Wildman–Crippen MR) is 79.7 cm³/mol. The molecule has 1 heterocycles. The average molecular weight is 281 g/mol. The number of hydrogen-bond donors (Lipinski definition) is 2. The molecule has 4 nitrogen and oxygen atoms in total. The van der Waals surface area contributed by atoms with Crippen LogP contribution in [0.1, 0.15) is 20.3 Å². The molecule has 1 unspecified atom stereocenters. The summed E-state index contributed by atoms with van der Waals surface area (Å²) in [5, 5.41) is 3.48. The van der Waals surface area contributed by atoms with Gasteiger partial charge in [0.05, 0.1) is 12.6 Å². The van der Waals surface area contributed by atoms with Crippen LogP contribution >= 0.6 is 0 Å². The second-order valence-corrected chi connectivity index (χ2v) is 5.77. The Kier molecular flexibility index (Phi) is 4.50. The van der Waals surface area contributed by atoms with Crippen molar-refractivity contribution in [3.63, 3.8) is 0 Å². The molecule has 5 heteroatoms. The number of halogens is 1. The monoisotopic (exact) mass is 281 g/mol. The highest BCUT2D eigenvalue weighted by atomic mass is 19.1. The van der Waals surface area contributed by atoms with Crippen molar-refractivity contribution in [1.29, 1.82) is 0 Å². The minimum atomic E-state index is -0.352. The van der Waals surface area contributed by atoms with Gasteiger partial charge in [-0.1, -0.05) is 0 Å². The Morgan fingerprint density at radius 3 is 2.80 bits per heavy atom. The van der Waals surface area contributed by atoms with Gasteiger partial charge in [-0.25, -0.2) is 4.39 Å². The number of benzene rings is 1. The minimum absolute atomic E-state index is 0.146. The predicted octanol–water partition coefficient (Wildman–Crippen LogP) is 2.06. The standard InChI is InChI=1S/C15H24FN3O/c1-11(2)19-7-6-15(9-17,10-19)18-12-4-5-13(16)14(8-12)20-3/h4-5,8,11,18H,6-7,9-10,17H2,1-3H3. The molecule has 112 valence electrons. The number of anilines is 1. The summed E-state index contributed by atoms with van der Waals surface area (Å²) < 4.78 is 18.5. The zero-order chi connectivity index (χ0) is 14.8. The number of nitrogens with zero attached hydrogens (tertiary/aromatic N) is 1. The topological polar surface area (TPSA) is 50.5 Å². The molecule has 20 heavy (non-hydrogen) atoms. The molecule has 0 aliphatic carbocycles. The van der Waals surface area contributed by atoms with Crippen LogP contribution in [-0.2, 0) is 0 Å². The summed E-state index contributed by atoms with van der Waals surface area (Å²) in [5.41, 5.74) is 6.69. The molecular formula is C15H24FN3O. The van der Waals surface area contributed by atoms with Crippen LogP contribution in [0.25, 0.3) is 0 Å². The van der Waals surface area contributed by atoms with Crippen molar-refractivity contribution in [3.05, 3.63) is 24.0 Å². The largest absolute Gasteiger partial charge is 0.494 e. The lowest BCUT2D eigenvalue weighted by molar-refractivity contribution is 0.262. The summed E-state index contributed by atoms with van der Waals surface area (Å²) in [6, 6.07) is 5.34. The number of methoxy groups -OCH3 is 1. The van der Waals surface area contributed by atoms with Gasteiger partial charge in [0.25, 0.3) is 0 Å². The highest BCUT2D eigenvalue weighted by Crippen LogP contribution is 2.29. The first kappa shape index (κ1) is 15.1. The Morgan fingerprint density at radius 1 is 1.50 bits per heavy atom. The molecule has 0 spiro atoms. The van der Waals surface area contributed by atoms with Crippen molar-refractivity contribution >= 4 is 5.69 Å². The van der Waals surface area contributed by atoms with Crippen LogP contribution < -0.4 is 15.8 Å². The summed E-state index contributed by atoms with van der Waals surface area (Å²) in [5.74, 6) is -0.101. The van der Waals surface area contributed by atoms with Gasteiger partial charge in [0.1, 0.15) is 0 Å². The van der Waals surface area contributed by atoms with E-state index in [1.54, 1.807) is 12.1 Å². The van der Waals surface area contributed by atoms with Gasteiger partial charge in [-0.2, -0.15) is 0 Å². The van der Waals surface area contributed by atoms with Crippen molar-refractivity contribution in [2.24, 2.45) is 5.73 Å². The van der Waals surface area contributed by atoms with Gasteiger partial charge >= 0.3 is 0 Å². The van der Waals surface area contributed by atoms with Crippen LogP contribution in [0.15, 0.2) is 18.2 Å². The molecule has 1 fully saturated rings. The Morgan fingerprint density at radius 2 is 2.25 bits per heavy atom. The molecule has 0 amide bonds. The third-order valence-corrected chi connectivity index (χ3v) is 4.06. The summed E-state index contributed by atoms with van der Waals surface area (Å²) in [4.78, 5) is 2.40. The van der Waals surface area contributed by atoms with Crippen LogP contribution in [0.3, 0.4) is 0 Å². The normalized spacial score (nSPS) is 23.3. The number of likely N-dealkylation sites (tertiary alicyclic amines) is 1. The van der Waals surface area contributed by atoms with Crippen LogP contribution in [0.4, 0.5) is 10.1 Å². The first-order chi connectivity index (χ1) is 9.49. The molecule has 1 aromatic carbocycles. The quantitative estimate of drug-likeness (QED) is 0.867. The van der Waals surface area contributed by atoms with Crippen molar-refractivity contribution in [2.45, 2.75) is 31.8 Å². The lowest BCUT2D eigenvalue weighted by Gasteiger charge is -2.31. The molecule has 0 bridgehead atoms. The summed E-state index contributed by atoms with van der Waals surface area (Å²) in [7, 11) is 1.47. The van der Waals surface area contributed by atoms with Crippen LogP contribution in [-0.4, -0.2) is 43.2 Å². The third kappa shape index (κ3) is 3.04. The maximum atomic E-state index is 13.4. The fourth-order valence-corrected chi connectivity index (χ4v) is 2.71. The third-order valence-electron chi connectivity index (χ3n) is 4.06. The molecule has 1 atom stereocenters. The Labute approximate surface area is 120 Å². The van der Waals surface area contributed by atoms with Gasteiger partial charge in [0, 0.05) is 37.4 Å². The molecule has 0 aromatic heterocycles. The first-order valence-electron chi connectivity index (χ1n) is 7.05. The summed E-state index contributed by atoms with van der Waals surface area (Å²) in [6.45, 7) is 6.86. The van der Waals surface area contributed by atoms with E-state index in [2.05, 4.69) is 24.1 Å². The van der Waals surface area contributed by atoms with E-state index in [1.165, 1.54) is 13.2 Å².